The zero-order valence-electron chi connectivity index (χ0n) is 14.0. The molecule has 0 heterocycles. The molecule has 0 unspecified atom stereocenters. The molecule has 0 spiro atoms. The first-order chi connectivity index (χ1) is 11.8. The Balaban J connectivity index is 2.34. The summed E-state index contributed by atoms with van der Waals surface area (Å²) in [7, 11) is 1.60. The Bertz CT molecular complexity index is 808. The summed E-state index contributed by atoms with van der Waals surface area (Å²) in [6, 6.07) is 23.6. The molecule has 0 aliphatic rings. The van der Waals surface area contributed by atoms with Crippen molar-refractivity contribution in [3.8, 4) is 33.8 Å². The third-order valence-electron chi connectivity index (χ3n) is 4.08. The highest BCUT2D eigenvalue weighted by atomic mass is 16.5. The van der Waals surface area contributed by atoms with Crippen LogP contribution in [-0.4, -0.2) is 12.2 Å². The molecule has 3 aromatic rings. The minimum Gasteiger partial charge on any atom is -0.504 e. The molecular formula is C22H21O2. The van der Waals surface area contributed by atoms with E-state index in [1.165, 1.54) is 0 Å². The van der Waals surface area contributed by atoms with Crippen LogP contribution in [-0.2, 0) is 6.42 Å². The predicted molar refractivity (Wildman–Crippen MR) is 98.4 cm³/mol. The minimum atomic E-state index is 0.192. The van der Waals surface area contributed by atoms with Crippen molar-refractivity contribution in [2.75, 3.05) is 7.11 Å². The van der Waals surface area contributed by atoms with Gasteiger partial charge in [0.2, 0.25) is 0 Å². The smallest absolute Gasteiger partial charge is 0.169 e. The van der Waals surface area contributed by atoms with Gasteiger partial charge in [0.15, 0.2) is 11.5 Å². The predicted octanol–water partition coefficient (Wildman–Crippen LogP) is 5.49. The lowest BCUT2D eigenvalue weighted by Crippen LogP contribution is -1.97. The zero-order chi connectivity index (χ0) is 16.9. The number of hydrogen-bond acceptors (Lipinski definition) is 2. The van der Waals surface area contributed by atoms with Gasteiger partial charge in [-0.15, -0.1) is 0 Å². The van der Waals surface area contributed by atoms with Gasteiger partial charge in [-0.25, -0.2) is 0 Å². The summed E-state index contributed by atoms with van der Waals surface area (Å²) >= 11 is 0. The van der Waals surface area contributed by atoms with Gasteiger partial charge >= 0.3 is 0 Å². The number of aromatic hydroxyl groups is 1. The maximum atomic E-state index is 10.7. The SMILES string of the molecule is CCCc1[c]c(-c2ccccc2)c(-c2ccccc2)c(OC)c1O. The largest absolute Gasteiger partial charge is 0.504 e. The molecule has 0 fully saturated rings. The van der Waals surface area contributed by atoms with Crippen LogP contribution >= 0.6 is 0 Å². The molecular weight excluding hydrogens is 296 g/mol. The molecule has 0 aromatic heterocycles. The second-order valence-corrected chi connectivity index (χ2v) is 5.72. The number of phenols is 1. The van der Waals surface area contributed by atoms with E-state index in [0.29, 0.717) is 5.75 Å². The first-order valence-electron chi connectivity index (χ1n) is 8.22. The fraction of sp³-hybridized carbons (Fsp3) is 0.182. The van der Waals surface area contributed by atoms with Crippen LogP contribution in [0.1, 0.15) is 18.9 Å². The average molecular weight is 317 g/mol. The number of ether oxygens (including phenoxy) is 1. The summed E-state index contributed by atoms with van der Waals surface area (Å²) in [4.78, 5) is 0. The van der Waals surface area contributed by atoms with Crippen LogP contribution < -0.4 is 4.74 Å². The van der Waals surface area contributed by atoms with Crippen molar-refractivity contribution < 1.29 is 9.84 Å². The summed E-state index contributed by atoms with van der Waals surface area (Å²) in [5, 5.41) is 10.7. The van der Waals surface area contributed by atoms with Gasteiger partial charge in [0.25, 0.3) is 0 Å². The lowest BCUT2D eigenvalue weighted by Gasteiger charge is -2.18. The van der Waals surface area contributed by atoms with Crippen LogP contribution in [0, 0.1) is 6.07 Å². The average Bonchev–Trinajstić information content (AvgIpc) is 2.64. The van der Waals surface area contributed by atoms with Crippen molar-refractivity contribution in [3.63, 3.8) is 0 Å². The van der Waals surface area contributed by atoms with Crippen LogP contribution in [0.5, 0.6) is 11.5 Å². The van der Waals surface area contributed by atoms with E-state index in [9.17, 15) is 5.11 Å². The van der Waals surface area contributed by atoms with E-state index < -0.39 is 0 Å². The number of methoxy groups -OCH3 is 1. The molecule has 1 radical (unpaired) electrons. The van der Waals surface area contributed by atoms with Crippen LogP contribution in [0.25, 0.3) is 22.3 Å². The summed E-state index contributed by atoms with van der Waals surface area (Å²) in [5.41, 5.74) is 4.70. The summed E-state index contributed by atoms with van der Waals surface area (Å²) < 4.78 is 5.61. The Labute approximate surface area is 143 Å². The van der Waals surface area contributed by atoms with E-state index in [1.807, 2.05) is 48.5 Å². The highest BCUT2D eigenvalue weighted by Gasteiger charge is 2.20. The van der Waals surface area contributed by atoms with Crippen LogP contribution in [0.15, 0.2) is 60.7 Å². The lowest BCUT2D eigenvalue weighted by molar-refractivity contribution is 0.372. The van der Waals surface area contributed by atoms with Gasteiger partial charge < -0.3 is 9.84 Å². The van der Waals surface area contributed by atoms with E-state index >= 15 is 0 Å². The zero-order valence-corrected chi connectivity index (χ0v) is 14.0. The molecule has 0 saturated carbocycles. The molecule has 121 valence electrons. The molecule has 0 saturated heterocycles. The Morgan fingerprint density at radius 2 is 1.50 bits per heavy atom. The fourth-order valence-electron chi connectivity index (χ4n) is 2.97. The first-order valence-corrected chi connectivity index (χ1v) is 8.22. The monoisotopic (exact) mass is 317 g/mol. The Hall–Kier alpha value is -2.74. The van der Waals surface area contributed by atoms with Crippen molar-refractivity contribution >= 4 is 0 Å². The molecule has 0 amide bonds. The Kier molecular flexibility index (Phi) is 4.85. The van der Waals surface area contributed by atoms with Crippen molar-refractivity contribution in [1.29, 1.82) is 0 Å². The van der Waals surface area contributed by atoms with Crippen LogP contribution in [0.4, 0.5) is 0 Å². The van der Waals surface area contributed by atoms with E-state index in [-0.39, 0.29) is 5.75 Å². The molecule has 3 rings (SSSR count). The molecule has 0 aliphatic carbocycles. The lowest BCUT2D eigenvalue weighted by atomic mass is 9.90. The third-order valence-corrected chi connectivity index (χ3v) is 4.08. The number of phenolic OH excluding ortho intramolecular Hbond substituents is 1. The Morgan fingerprint density at radius 3 is 2.04 bits per heavy atom. The van der Waals surface area contributed by atoms with Gasteiger partial charge in [0, 0.05) is 16.7 Å². The van der Waals surface area contributed by atoms with Gasteiger partial charge in [-0.3, -0.25) is 0 Å². The van der Waals surface area contributed by atoms with Crippen LogP contribution in [0.2, 0.25) is 0 Å². The van der Waals surface area contributed by atoms with Crippen molar-refractivity contribution in [2.45, 2.75) is 19.8 Å². The van der Waals surface area contributed by atoms with Crippen LogP contribution in [0.3, 0.4) is 0 Å². The van der Waals surface area contributed by atoms with E-state index in [0.717, 1.165) is 40.7 Å². The molecule has 2 nitrogen and oxygen atoms in total. The highest BCUT2D eigenvalue weighted by Crippen LogP contribution is 2.46. The molecule has 2 heteroatoms. The van der Waals surface area contributed by atoms with E-state index in [4.69, 9.17) is 4.74 Å². The number of hydrogen-bond donors (Lipinski definition) is 1. The normalized spacial score (nSPS) is 10.6. The summed E-state index contributed by atoms with van der Waals surface area (Å²) in [6.45, 7) is 2.09. The molecule has 3 aromatic carbocycles. The van der Waals surface area contributed by atoms with Gasteiger partial charge in [0.05, 0.1) is 7.11 Å². The molecule has 0 aliphatic heterocycles. The third kappa shape index (κ3) is 3.00. The number of benzene rings is 3. The van der Waals surface area contributed by atoms with Gasteiger partial charge in [-0.1, -0.05) is 74.0 Å². The topological polar surface area (TPSA) is 29.5 Å². The molecule has 0 atom stereocenters. The molecule has 24 heavy (non-hydrogen) atoms. The van der Waals surface area contributed by atoms with Crippen molar-refractivity contribution in [1.82, 2.24) is 0 Å². The maximum absolute atomic E-state index is 10.7. The molecule has 0 bridgehead atoms. The number of aryl methyl sites for hydroxylation is 1. The van der Waals surface area contributed by atoms with E-state index in [1.54, 1.807) is 7.11 Å². The van der Waals surface area contributed by atoms with Crippen molar-refractivity contribution in [3.05, 3.63) is 72.3 Å². The van der Waals surface area contributed by atoms with Gasteiger partial charge in [0.1, 0.15) is 0 Å². The first kappa shape index (κ1) is 16.1. The summed E-state index contributed by atoms with van der Waals surface area (Å²) in [6.07, 6.45) is 1.70. The molecule has 1 N–H and O–H groups in total. The van der Waals surface area contributed by atoms with Gasteiger partial charge in [-0.05, 0) is 23.6 Å². The van der Waals surface area contributed by atoms with Crippen molar-refractivity contribution in [2.24, 2.45) is 0 Å². The number of rotatable bonds is 5. The van der Waals surface area contributed by atoms with E-state index in [2.05, 4.69) is 25.1 Å². The minimum absolute atomic E-state index is 0.192. The standard InChI is InChI=1S/C22H21O2/c1-3-10-18-15-19(16-11-6-4-7-12-16)20(22(24-2)21(18)23)17-13-8-5-9-14-17/h4-9,11-14,23H,3,10H2,1-2H3. The summed E-state index contributed by atoms with van der Waals surface area (Å²) in [5.74, 6) is 0.708. The second kappa shape index (κ2) is 7.22. The Morgan fingerprint density at radius 1 is 0.917 bits per heavy atom. The fourth-order valence-corrected chi connectivity index (χ4v) is 2.97. The second-order valence-electron chi connectivity index (χ2n) is 5.72. The quantitative estimate of drug-likeness (QED) is 0.674. The highest BCUT2D eigenvalue weighted by molar-refractivity contribution is 5.90. The maximum Gasteiger partial charge on any atom is 0.169 e. The van der Waals surface area contributed by atoms with Gasteiger partial charge in [-0.2, -0.15) is 0 Å².